The average molecular weight is 410 g/mol. The number of nitrogens with one attached hydrogen (secondary N) is 1. The van der Waals surface area contributed by atoms with Crippen molar-refractivity contribution in [2.24, 2.45) is 5.73 Å². The van der Waals surface area contributed by atoms with E-state index in [4.69, 9.17) is 15.2 Å². The van der Waals surface area contributed by atoms with Gasteiger partial charge in [-0.05, 0) is 30.5 Å². The molecule has 0 atom stereocenters. The molecule has 1 aliphatic heterocycles. The standard InChI is InChI=1S/C19H23N3O3S.ClH/c20-10-17-22-14(11-26-17)18(23)21-12-19(5-1-2-6-19)13-3-4-15-16(9-13)25-8-7-24-15;/h3-4,9,11H,1-2,5-8,10,12,20H2,(H,21,23);1H. The molecule has 2 aromatic rings. The van der Waals surface area contributed by atoms with Crippen LogP contribution in [0, 0.1) is 0 Å². The molecule has 4 rings (SSSR count). The number of benzene rings is 1. The van der Waals surface area contributed by atoms with Crippen molar-refractivity contribution in [3.63, 3.8) is 0 Å². The summed E-state index contributed by atoms with van der Waals surface area (Å²) in [5.74, 6) is 1.47. The zero-order chi connectivity index (χ0) is 18.0. The second-order valence-corrected chi connectivity index (χ2v) is 7.80. The predicted octanol–water partition coefficient (Wildman–Crippen LogP) is 3.04. The summed E-state index contributed by atoms with van der Waals surface area (Å²) in [6, 6.07) is 6.18. The van der Waals surface area contributed by atoms with Crippen molar-refractivity contribution >= 4 is 29.7 Å². The quantitative estimate of drug-likeness (QED) is 0.792. The van der Waals surface area contributed by atoms with Gasteiger partial charge in [0.05, 0.1) is 0 Å². The molecule has 6 nitrogen and oxygen atoms in total. The molecule has 1 fully saturated rings. The molecule has 2 aliphatic rings. The molecule has 27 heavy (non-hydrogen) atoms. The van der Waals surface area contributed by atoms with Crippen molar-refractivity contribution in [1.82, 2.24) is 10.3 Å². The first kappa shape index (κ1) is 19.9. The van der Waals surface area contributed by atoms with Gasteiger partial charge in [0.1, 0.15) is 23.9 Å². The number of nitrogens with two attached hydrogens (primary N) is 1. The summed E-state index contributed by atoms with van der Waals surface area (Å²) in [5.41, 5.74) is 7.18. The first-order chi connectivity index (χ1) is 12.7. The average Bonchev–Trinajstić information content (AvgIpc) is 3.36. The van der Waals surface area contributed by atoms with Crippen molar-refractivity contribution in [1.29, 1.82) is 0 Å². The lowest BCUT2D eigenvalue weighted by molar-refractivity contribution is 0.0938. The van der Waals surface area contributed by atoms with E-state index in [0.29, 0.717) is 32.0 Å². The molecule has 1 aromatic heterocycles. The van der Waals surface area contributed by atoms with Crippen molar-refractivity contribution in [2.75, 3.05) is 19.8 Å². The molecule has 8 heteroatoms. The van der Waals surface area contributed by atoms with Gasteiger partial charge >= 0.3 is 0 Å². The highest BCUT2D eigenvalue weighted by atomic mass is 35.5. The third-order valence-electron chi connectivity index (χ3n) is 5.26. The van der Waals surface area contributed by atoms with E-state index in [0.717, 1.165) is 29.3 Å². The summed E-state index contributed by atoms with van der Waals surface area (Å²) in [7, 11) is 0. The first-order valence-corrected chi connectivity index (χ1v) is 9.91. The van der Waals surface area contributed by atoms with Crippen LogP contribution in [0.3, 0.4) is 0 Å². The second-order valence-electron chi connectivity index (χ2n) is 6.86. The fraction of sp³-hybridized carbons (Fsp3) is 0.474. The lowest BCUT2D eigenvalue weighted by atomic mass is 9.78. The lowest BCUT2D eigenvalue weighted by Crippen LogP contribution is -2.39. The van der Waals surface area contributed by atoms with E-state index in [9.17, 15) is 4.79 Å². The Morgan fingerprint density at radius 2 is 1.96 bits per heavy atom. The number of nitrogens with zero attached hydrogens (tertiary/aromatic N) is 1. The Morgan fingerprint density at radius 3 is 2.67 bits per heavy atom. The van der Waals surface area contributed by atoms with Gasteiger partial charge in [0.15, 0.2) is 11.5 Å². The van der Waals surface area contributed by atoms with Crippen LogP contribution in [0.2, 0.25) is 0 Å². The number of halogens is 1. The van der Waals surface area contributed by atoms with Gasteiger partial charge in [-0.25, -0.2) is 4.98 Å². The third-order valence-corrected chi connectivity index (χ3v) is 6.13. The number of hydrogen-bond donors (Lipinski definition) is 2. The Kier molecular flexibility index (Phi) is 6.24. The number of carbonyl (C=O) groups is 1. The van der Waals surface area contributed by atoms with Crippen molar-refractivity contribution in [3.8, 4) is 11.5 Å². The Balaban J connectivity index is 0.00000210. The van der Waals surface area contributed by atoms with E-state index in [1.807, 2.05) is 6.07 Å². The molecule has 1 aromatic carbocycles. The molecule has 3 N–H and O–H groups in total. The largest absolute Gasteiger partial charge is 0.486 e. The third kappa shape index (κ3) is 4.05. The molecule has 1 saturated carbocycles. The maximum Gasteiger partial charge on any atom is 0.270 e. The summed E-state index contributed by atoms with van der Waals surface area (Å²) in [6.45, 7) is 2.12. The van der Waals surface area contributed by atoms with Crippen LogP contribution in [-0.2, 0) is 12.0 Å². The van der Waals surface area contributed by atoms with Gasteiger partial charge in [0.25, 0.3) is 5.91 Å². The van der Waals surface area contributed by atoms with Gasteiger partial charge in [-0.1, -0.05) is 18.9 Å². The zero-order valence-corrected chi connectivity index (χ0v) is 16.7. The first-order valence-electron chi connectivity index (χ1n) is 9.03. The Labute approximate surface area is 168 Å². The van der Waals surface area contributed by atoms with E-state index in [1.54, 1.807) is 5.38 Å². The van der Waals surface area contributed by atoms with Gasteiger partial charge in [0, 0.05) is 23.9 Å². The predicted molar refractivity (Wildman–Crippen MR) is 107 cm³/mol. The highest BCUT2D eigenvalue weighted by Crippen LogP contribution is 2.43. The Hall–Kier alpha value is -1.83. The zero-order valence-electron chi connectivity index (χ0n) is 15.0. The van der Waals surface area contributed by atoms with Crippen molar-refractivity contribution < 1.29 is 14.3 Å². The number of rotatable bonds is 5. The molecule has 0 bridgehead atoms. The van der Waals surface area contributed by atoms with Crippen LogP contribution >= 0.6 is 23.7 Å². The number of thiazole rings is 1. The molecule has 146 valence electrons. The summed E-state index contributed by atoms with van der Waals surface area (Å²) in [6.07, 6.45) is 4.44. The fourth-order valence-electron chi connectivity index (χ4n) is 3.84. The van der Waals surface area contributed by atoms with Gasteiger partial charge in [-0.3, -0.25) is 4.79 Å². The summed E-state index contributed by atoms with van der Waals surface area (Å²) < 4.78 is 11.4. The fourth-order valence-corrected chi connectivity index (χ4v) is 4.50. The van der Waals surface area contributed by atoms with E-state index >= 15 is 0 Å². The number of hydrogen-bond acceptors (Lipinski definition) is 6. The maximum absolute atomic E-state index is 12.5. The number of carbonyl (C=O) groups excluding carboxylic acids is 1. The Bertz CT molecular complexity index is 805. The second kappa shape index (κ2) is 8.46. The molecular weight excluding hydrogens is 386 g/mol. The molecule has 0 saturated heterocycles. The minimum Gasteiger partial charge on any atom is -0.486 e. The van der Waals surface area contributed by atoms with Gasteiger partial charge < -0.3 is 20.5 Å². The van der Waals surface area contributed by atoms with Crippen molar-refractivity contribution in [2.45, 2.75) is 37.6 Å². The van der Waals surface area contributed by atoms with E-state index in [1.165, 1.54) is 29.7 Å². The van der Waals surface area contributed by atoms with Crippen LogP contribution < -0.4 is 20.5 Å². The minimum atomic E-state index is -0.134. The van der Waals surface area contributed by atoms with Gasteiger partial charge in [-0.15, -0.1) is 23.7 Å². The van der Waals surface area contributed by atoms with Crippen LogP contribution in [0.5, 0.6) is 11.5 Å². The normalized spacial score (nSPS) is 17.2. The summed E-state index contributed by atoms with van der Waals surface area (Å²) in [4.78, 5) is 16.8. The topological polar surface area (TPSA) is 86.5 Å². The Morgan fingerprint density at radius 1 is 1.22 bits per heavy atom. The number of fused-ring (bicyclic) bond motifs is 1. The minimum absolute atomic E-state index is 0. The highest BCUT2D eigenvalue weighted by molar-refractivity contribution is 7.09. The molecule has 2 heterocycles. The smallest absolute Gasteiger partial charge is 0.270 e. The van der Waals surface area contributed by atoms with E-state index in [-0.39, 0.29) is 23.7 Å². The van der Waals surface area contributed by atoms with Crippen LogP contribution in [-0.4, -0.2) is 30.6 Å². The maximum atomic E-state index is 12.5. The molecule has 0 unspecified atom stereocenters. The highest BCUT2D eigenvalue weighted by Gasteiger charge is 2.37. The summed E-state index contributed by atoms with van der Waals surface area (Å²) >= 11 is 1.42. The van der Waals surface area contributed by atoms with Gasteiger partial charge in [0.2, 0.25) is 0 Å². The van der Waals surface area contributed by atoms with E-state index < -0.39 is 0 Å². The van der Waals surface area contributed by atoms with Crippen LogP contribution in [0.4, 0.5) is 0 Å². The van der Waals surface area contributed by atoms with Crippen molar-refractivity contribution in [3.05, 3.63) is 39.8 Å². The monoisotopic (exact) mass is 409 g/mol. The molecule has 0 radical (unpaired) electrons. The van der Waals surface area contributed by atoms with Crippen LogP contribution in [0.15, 0.2) is 23.6 Å². The number of aromatic nitrogens is 1. The number of ether oxygens (including phenoxy) is 2. The molecule has 0 spiro atoms. The van der Waals surface area contributed by atoms with Crippen LogP contribution in [0.1, 0.15) is 46.7 Å². The summed E-state index contributed by atoms with van der Waals surface area (Å²) in [5, 5.41) is 5.63. The molecule has 1 aliphatic carbocycles. The van der Waals surface area contributed by atoms with Gasteiger partial charge in [-0.2, -0.15) is 0 Å². The SMILES string of the molecule is Cl.NCc1nc(C(=O)NCC2(c3ccc4c(c3)OCCO4)CCCC2)cs1. The lowest BCUT2D eigenvalue weighted by Gasteiger charge is -2.31. The van der Waals surface area contributed by atoms with E-state index in [2.05, 4.69) is 22.4 Å². The number of amides is 1. The molecular formula is C19H24ClN3O3S. The molecule has 1 amide bonds. The van der Waals surface area contributed by atoms with Crippen LogP contribution in [0.25, 0.3) is 0 Å².